The summed E-state index contributed by atoms with van der Waals surface area (Å²) in [5.74, 6) is 0.767. The van der Waals surface area contributed by atoms with Crippen molar-refractivity contribution in [3.05, 3.63) is 64.1 Å². The van der Waals surface area contributed by atoms with E-state index in [1.807, 2.05) is 48.5 Å². The number of amides is 1. The minimum Gasteiger partial charge on any atom is -0.489 e. The minimum atomic E-state index is -0.571. The number of carbonyl (C=O) groups is 1. The van der Waals surface area contributed by atoms with E-state index in [4.69, 9.17) is 9.47 Å². The maximum atomic E-state index is 11.1. The van der Waals surface area contributed by atoms with Gasteiger partial charge in [0.2, 0.25) is 0 Å². The number of halogens is 1. The molecule has 0 heterocycles. The number of hydrogen-bond donors (Lipinski definition) is 1. The molecule has 0 atom stereocenters. The van der Waals surface area contributed by atoms with Crippen LogP contribution in [-0.4, -0.2) is 18.9 Å². The minimum absolute atomic E-state index is 0.311. The first-order valence-electron chi connectivity index (χ1n) is 7.10. The highest BCUT2D eigenvalue weighted by Crippen LogP contribution is 2.15. The van der Waals surface area contributed by atoms with E-state index in [1.165, 1.54) is 6.21 Å². The smallest absolute Gasteiger partial charge is 0.427 e. The van der Waals surface area contributed by atoms with Crippen molar-refractivity contribution in [1.82, 2.24) is 5.43 Å². The van der Waals surface area contributed by atoms with Gasteiger partial charge in [0.25, 0.3) is 0 Å². The van der Waals surface area contributed by atoms with Gasteiger partial charge in [-0.05, 0) is 54.4 Å². The molecule has 2 aromatic rings. The average Bonchev–Trinajstić information content (AvgIpc) is 2.56. The Morgan fingerprint density at radius 3 is 2.52 bits per heavy atom. The molecule has 6 heteroatoms. The molecule has 0 bridgehead atoms. The molecule has 0 saturated heterocycles. The Morgan fingerprint density at radius 1 is 1.17 bits per heavy atom. The maximum Gasteiger partial charge on any atom is 0.427 e. The van der Waals surface area contributed by atoms with Crippen LogP contribution in [0.1, 0.15) is 18.1 Å². The standard InChI is InChI=1S/C17H17BrN2O3/c1-2-22-17(21)20-19-11-13-5-9-16(10-6-13)23-12-14-3-7-15(18)8-4-14/h3-11H,2,12H2,1H3,(H,20,21)/b19-11+. The number of carbonyl (C=O) groups excluding carboxylic acids is 1. The molecule has 0 aliphatic carbocycles. The van der Waals surface area contributed by atoms with E-state index in [2.05, 4.69) is 26.5 Å². The zero-order valence-electron chi connectivity index (χ0n) is 12.7. The van der Waals surface area contributed by atoms with Gasteiger partial charge in [-0.3, -0.25) is 0 Å². The van der Waals surface area contributed by atoms with Crippen LogP contribution in [0.15, 0.2) is 58.1 Å². The molecule has 5 nitrogen and oxygen atoms in total. The predicted octanol–water partition coefficient (Wildman–Crippen LogP) is 4.11. The van der Waals surface area contributed by atoms with Gasteiger partial charge >= 0.3 is 6.09 Å². The number of nitrogens with zero attached hydrogens (tertiary/aromatic N) is 1. The summed E-state index contributed by atoms with van der Waals surface area (Å²) in [5, 5.41) is 3.80. The van der Waals surface area contributed by atoms with Gasteiger partial charge in [0, 0.05) is 4.47 Å². The monoisotopic (exact) mass is 376 g/mol. The molecular weight excluding hydrogens is 360 g/mol. The predicted molar refractivity (Wildman–Crippen MR) is 92.7 cm³/mol. The van der Waals surface area contributed by atoms with Crippen molar-refractivity contribution >= 4 is 28.2 Å². The molecule has 23 heavy (non-hydrogen) atoms. The second-order valence-corrected chi connectivity index (χ2v) is 5.49. The van der Waals surface area contributed by atoms with Crippen LogP contribution >= 0.6 is 15.9 Å². The molecular formula is C17H17BrN2O3. The average molecular weight is 377 g/mol. The molecule has 2 rings (SSSR count). The van der Waals surface area contributed by atoms with Gasteiger partial charge in [-0.15, -0.1) is 0 Å². The summed E-state index contributed by atoms with van der Waals surface area (Å²) in [4.78, 5) is 11.1. The highest BCUT2D eigenvalue weighted by molar-refractivity contribution is 9.10. The summed E-state index contributed by atoms with van der Waals surface area (Å²) in [6.07, 6.45) is 0.966. The number of rotatable bonds is 6. The summed E-state index contributed by atoms with van der Waals surface area (Å²) in [5.41, 5.74) is 4.21. The third-order valence-electron chi connectivity index (χ3n) is 2.84. The Balaban J connectivity index is 1.83. The van der Waals surface area contributed by atoms with Crippen LogP contribution in [0.2, 0.25) is 0 Å². The summed E-state index contributed by atoms with van der Waals surface area (Å²) in [7, 11) is 0. The highest BCUT2D eigenvalue weighted by atomic mass is 79.9. The summed E-state index contributed by atoms with van der Waals surface area (Å²) >= 11 is 3.40. The molecule has 1 amide bonds. The maximum absolute atomic E-state index is 11.1. The molecule has 2 aromatic carbocycles. The summed E-state index contributed by atoms with van der Waals surface area (Å²) < 4.78 is 11.4. The summed E-state index contributed by atoms with van der Waals surface area (Å²) in [6, 6.07) is 15.4. The van der Waals surface area contributed by atoms with Crippen molar-refractivity contribution in [2.24, 2.45) is 5.10 Å². The van der Waals surface area contributed by atoms with Gasteiger partial charge < -0.3 is 9.47 Å². The third kappa shape index (κ3) is 6.12. The first-order chi connectivity index (χ1) is 11.2. The molecule has 0 aliphatic rings. The zero-order chi connectivity index (χ0) is 16.5. The number of nitrogens with one attached hydrogen (secondary N) is 1. The lowest BCUT2D eigenvalue weighted by atomic mass is 10.2. The van der Waals surface area contributed by atoms with Gasteiger partial charge in [-0.2, -0.15) is 5.10 Å². The summed E-state index contributed by atoms with van der Waals surface area (Å²) in [6.45, 7) is 2.55. The van der Waals surface area contributed by atoms with Gasteiger partial charge in [0.1, 0.15) is 12.4 Å². The molecule has 0 saturated carbocycles. The van der Waals surface area contributed by atoms with E-state index in [0.29, 0.717) is 13.2 Å². The second-order valence-electron chi connectivity index (χ2n) is 4.57. The lowest BCUT2D eigenvalue weighted by Crippen LogP contribution is -2.18. The lowest BCUT2D eigenvalue weighted by Gasteiger charge is -2.06. The van der Waals surface area contributed by atoms with Crippen LogP contribution in [0, 0.1) is 0 Å². The molecule has 0 unspecified atom stereocenters. The number of hydrogen-bond acceptors (Lipinski definition) is 4. The molecule has 0 spiro atoms. The van der Waals surface area contributed by atoms with Crippen molar-refractivity contribution in [2.45, 2.75) is 13.5 Å². The van der Waals surface area contributed by atoms with Gasteiger partial charge in [0.05, 0.1) is 12.8 Å². The molecule has 120 valence electrons. The topological polar surface area (TPSA) is 59.9 Å². The van der Waals surface area contributed by atoms with Crippen molar-refractivity contribution in [3.63, 3.8) is 0 Å². The Bertz CT molecular complexity index is 655. The van der Waals surface area contributed by atoms with Gasteiger partial charge in [-0.25, -0.2) is 10.2 Å². The Morgan fingerprint density at radius 2 is 1.87 bits per heavy atom. The first kappa shape index (κ1) is 17.0. The van der Waals surface area contributed by atoms with E-state index in [0.717, 1.165) is 21.3 Å². The fraction of sp³-hybridized carbons (Fsp3) is 0.176. The molecule has 1 N–H and O–H groups in total. The van der Waals surface area contributed by atoms with Crippen LogP contribution in [0.5, 0.6) is 5.75 Å². The van der Waals surface area contributed by atoms with Crippen molar-refractivity contribution < 1.29 is 14.3 Å². The van der Waals surface area contributed by atoms with Crippen LogP contribution in [0.25, 0.3) is 0 Å². The van der Waals surface area contributed by atoms with Gasteiger partial charge in [-0.1, -0.05) is 28.1 Å². The van der Waals surface area contributed by atoms with E-state index >= 15 is 0 Å². The van der Waals surface area contributed by atoms with E-state index < -0.39 is 6.09 Å². The Labute approximate surface area is 143 Å². The fourth-order valence-corrected chi connectivity index (χ4v) is 1.98. The number of hydrazone groups is 1. The van der Waals surface area contributed by atoms with Gasteiger partial charge in [0.15, 0.2) is 0 Å². The lowest BCUT2D eigenvalue weighted by molar-refractivity contribution is 0.152. The molecule has 0 radical (unpaired) electrons. The van der Waals surface area contributed by atoms with Crippen molar-refractivity contribution in [1.29, 1.82) is 0 Å². The Hall–Kier alpha value is -2.34. The van der Waals surface area contributed by atoms with Crippen LogP contribution in [-0.2, 0) is 11.3 Å². The molecule has 0 fully saturated rings. The number of benzene rings is 2. The SMILES string of the molecule is CCOC(=O)N/N=C/c1ccc(OCc2ccc(Br)cc2)cc1. The largest absolute Gasteiger partial charge is 0.489 e. The van der Waals surface area contributed by atoms with Crippen LogP contribution in [0.4, 0.5) is 4.79 Å². The van der Waals surface area contributed by atoms with Crippen LogP contribution < -0.4 is 10.2 Å². The van der Waals surface area contributed by atoms with E-state index in [9.17, 15) is 4.79 Å². The zero-order valence-corrected chi connectivity index (χ0v) is 14.2. The van der Waals surface area contributed by atoms with Crippen LogP contribution in [0.3, 0.4) is 0 Å². The highest BCUT2D eigenvalue weighted by Gasteiger charge is 1.98. The van der Waals surface area contributed by atoms with Crippen molar-refractivity contribution in [2.75, 3.05) is 6.61 Å². The normalized spacial score (nSPS) is 10.5. The third-order valence-corrected chi connectivity index (χ3v) is 3.37. The quantitative estimate of drug-likeness (QED) is 0.609. The van der Waals surface area contributed by atoms with E-state index in [-0.39, 0.29) is 0 Å². The first-order valence-corrected chi connectivity index (χ1v) is 7.90. The number of ether oxygens (including phenoxy) is 2. The fourth-order valence-electron chi connectivity index (χ4n) is 1.72. The van der Waals surface area contributed by atoms with Crippen molar-refractivity contribution in [3.8, 4) is 5.75 Å². The Kier molecular flexibility index (Phi) is 6.62. The second kappa shape index (κ2) is 8.95. The van der Waals surface area contributed by atoms with E-state index in [1.54, 1.807) is 6.92 Å². The molecule has 0 aromatic heterocycles. The molecule has 0 aliphatic heterocycles.